The number of hydrogen-bond donors (Lipinski definition) is 1. The molecule has 25 heavy (non-hydrogen) atoms. The smallest absolute Gasteiger partial charge is 0.340 e. The third kappa shape index (κ3) is 6.41. The van der Waals surface area contributed by atoms with Gasteiger partial charge in [-0.3, -0.25) is 0 Å². The molecular weight excluding hydrogens is 330 g/mol. The molecule has 1 aromatic carbocycles. The highest BCUT2D eigenvalue weighted by molar-refractivity contribution is 5.96. The van der Waals surface area contributed by atoms with Crippen molar-refractivity contribution >= 4 is 11.7 Å². The second-order valence-electron chi connectivity index (χ2n) is 5.14. The molecule has 8 heteroatoms. The molecule has 1 aromatic rings. The predicted octanol–water partition coefficient (Wildman–Crippen LogP) is 1.27. The number of anilines is 1. The lowest BCUT2D eigenvalue weighted by atomic mass is 10.1. The topological polar surface area (TPSA) is 98.5 Å². The number of esters is 1. The molecule has 1 aliphatic rings. The van der Waals surface area contributed by atoms with Gasteiger partial charge in [-0.05, 0) is 6.92 Å². The number of carbonyl (C=O) groups is 1. The van der Waals surface area contributed by atoms with Crippen LogP contribution in [0.2, 0.25) is 0 Å². The molecule has 0 fully saturated rings. The van der Waals surface area contributed by atoms with Gasteiger partial charge in [0.2, 0.25) is 0 Å². The van der Waals surface area contributed by atoms with Crippen LogP contribution in [0.1, 0.15) is 17.3 Å². The molecule has 0 radical (unpaired) electrons. The molecule has 0 saturated heterocycles. The van der Waals surface area contributed by atoms with Crippen LogP contribution in [-0.2, 0) is 18.9 Å². The van der Waals surface area contributed by atoms with Crippen LogP contribution in [0.15, 0.2) is 12.1 Å². The minimum Gasteiger partial charge on any atom is -0.487 e. The van der Waals surface area contributed by atoms with E-state index in [9.17, 15) is 4.79 Å². The molecule has 1 heterocycles. The molecule has 0 atom stereocenters. The number of rotatable bonds is 2. The van der Waals surface area contributed by atoms with Crippen LogP contribution >= 0.6 is 0 Å². The zero-order chi connectivity index (χ0) is 17.9. The number of ether oxygens (including phenoxy) is 6. The summed E-state index contributed by atoms with van der Waals surface area (Å²) < 4.78 is 32.6. The molecule has 1 aliphatic heterocycles. The molecule has 2 N–H and O–H groups in total. The van der Waals surface area contributed by atoms with Gasteiger partial charge >= 0.3 is 5.97 Å². The van der Waals surface area contributed by atoms with Gasteiger partial charge < -0.3 is 34.2 Å². The maximum Gasteiger partial charge on any atom is 0.340 e. The Morgan fingerprint density at radius 3 is 1.92 bits per heavy atom. The Morgan fingerprint density at radius 1 is 0.920 bits per heavy atom. The molecule has 140 valence electrons. The third-order valence-electron chi connectivity index (χ3n) is 3.33. The van der Waals surface area contributed by atoms with Crippen molar-refractivity contribution in [3.8, 4) is 11.5 Å². The van der Waals surface area contributed by atoms with E-state index in [4.69, 9.17) is 34.2 Å². The van der Waals surface area contributed by atoms with Gasteiger partial charge in [-0.25, -0.2) is 4.79 Å². The number of benzene rings is 1. The highest BCUT2D eigenvalue weighted by atomic mass is 16.6. The fourth-order valence-corrected chi connectivity index (χ4v) is 2.15. The summed E-state index contributed by atoms with van der Waals surface area (Å²) in [6, 6.07) is 3.09. The van der Waals surface area contributed by atoms with Gasteiger partial charge in [0.1, 0.15) is 13.2 Å². The molecule has 8 nitrogen and oxygen atoms in total. The van der Waals surface area contributed by atoms with E-state index in [-0.39, 0.29) is 17.9 Å². The van der Waals surface area contributed by atoms with Gasteiger partial charge in [0, 0.05) is 12.1 Å². The Bertz CT molecular complexity index is 550. The lowest BCUT2D eigenvalue weighted by Gasteiger charge is -2.15. The quantitative estimate of drug-likeness (QED) is 0.625. The summed E-state index contributed by atoms with van der Waals surface area (Å²) in [5.41, 5.74) is 6.46. The molecule has 0 aromatic heterocycles. The highest BCUT2D eigenvalue weighted by Crippen LogP contribution is 2.33. The first-order chi connectivity index (χ1) is 12.2. The van der Waals surface area contributed by atoms with Crippen LogP contribution < -0.4 is 15.2 Å². The predicted molar refractivity (Wildman–Crippen MR) is 90.3 cm³/mol. The Hall–Kier alpha value is -2.03. The Morgan fingerprint density at radius 2 is 1.40 bits per heavy atom. The van der Waals surface area contributed by atoms with E-state index in [1.807, 2.05) is 0 Å². The monoisotopic (exact) mass is 355 g/mol. The van der Waals surface area contributed by atoms with Crippen molar-refractivity contribution in [3.63, 3.8) is 0 Å². The van der Waals surface area contributed by atoms with Crippen LogP contribution in [0.3, 0.4) is 0 Å². The van der Waals surface area contributed by atoms with Crippen molar-refractivity contribution < 1.29 is 33.2 Å². The fourth-order valence-electron chi connectivity index (χ4n) is 2.15. The summed E-state index contributed by atoms with van der Waals surface area (Å²) in [5, 5.41) is 0. The molecule has 0 saturated carbocycles. The molecule has 0 bridgehead atoms. The maximum atomic E-state index is 12.0. The summed E-state index contributed by atoms with van der Waals surface area (Å²) in [6.07, 6.45) is 0. The zero-order valence-electron chi connectivity index (χ0n) is 14.5. The maximum absolute atomic E-state index is 12.0. The second-order valence-corrected chi connectivity index (χ2v) is 5.14. The molecule has 0 unspecified atom stereocenters. The van der Waals surface area contributed by atoms with E-state index >= 15 is 0 Å². The van der Waals surface area contributed by atoms with Crippen molar-refractivity contribution in [2.75, 3.05) is 65.2 Å². The Labute approximate surface area is 147 Å². The van der Waals surface area contributed by atoms with E-state index in [1.54, 1.807) is 13.0 Å². The zero-order valence-corrected chi connectivity index (χ0v) is 14.5. The van der Waals surface area contributed by atoms with E-state index in [0.717, 1.165) is 0 Å². The van der Waals surface area contributed by atoms with E-state index in [1.165, 1.54) is 6.07 Å². The van der Waals surface area contributed by atoms with Crippen molar-refractivity contribution in [3.05, 3.63) is 17.7 Å². The van der Waals surface area contributed by atoms with Gasteiger partial charge in [0.05, 0.1) is 57.5 Å². The van der Waals surface area contributed by atoms with Crippen LogP contribution in [0.4, 0.5) is 5.69 Å². The summed E-state index contributed by atoms with van der Waals surface area (Å²) in [4.78, 5) is 12.0. The number of fused-ring (bicyclic) bond motifs is 1. The van der Waals surface area contributed by atoms with Crippen molar-refractivity contribution in [2.45, 2.75) is 6.92 Å². The SMILES string of the molecule is CCOC(=O)c1cc2c(cc1N)OCCOCCOCCOCCO2. The van der Waals surface area contributed by atoms with Gasteiger partial charge in [0.25, 0.3) is 0 Å². The van der Waals surface area contributed by atoms with Gasteiger partial charge in [-0.2, -0.15) is 0 Å². The second kappa shape index (κ2) is 10.8. The summed E-state index contributed by atoms with van der Waals surface area (Å²) in [6.45, 7) is 5.38. The average Bonchev–Trinajstić information content (AvgIpc) is 2.60. The van der Waals surface area contributed by atoms with Crippen LogP contribution in [0, 0.1) is 0 Å². The summed E-state index contributed by atoms with van der Waals surface area (Å²) in [5.74, 6) is 0.353. The first-order valence-corrected chi connectivity index (χ1v) is 8.32. The van der Waals surface area contributed by atoms with Crippen LogP contribution in [-0.4, -0.2) is 65.4 Å². The largest absolute Gasteiger partial charge is 0.487 e. The van der Waals surface area contributed by atoms with Gasteiger partial charge in [-0.15, -0.1) is 0 Å². The number of hydrogen-bond acceptors (Lipinski definition) is 8. The lowest BCUT2D eigenvalue weighted by molar-refractivity contribution is 0.00708. The van der Waals surface area contributed by atoms with Crippen molar-refractivity contribution in [2.24, 2.45) is 0 Å². The number of nitrogen functional groups attached to an aromatic ring is 1. The fraction of sp³-hybridized carbons (Fsp3) is 0.588. The van der Waals surface area contributed by atoms with Gasteiger partial charge in [0.15, 0.2) is 11.5 Å². The van der Waals surface area contributed by atoms with Gasteiger partial charge in [-0.1, -0.05) is 0 Å². The standard InChI is InChI=1S/C17H25NO7/c1-2-23-17(19)13-11-15-16(12-14(13)18)25-10-8-22-6-4-20-3-5-21-7-9-24-15/h11-12H,2-10,18H2,1H3. The normalized spacial score (nSPS) is 17.2. The van der Waals surface area contributed by atoms with Crippen molar-refractivity contribution in [1.29, 1.82) is 0 Å². The lowest BCUT2D eigenvalue weighted by Crippen LogP contribution is -2.13. The summed E-state index contributed by atoms with van der Waals surface area (Å²) >= 11 is 0. The van der Waals surface area contributed by atoms with E-state index in [2.05, 4.69) is 0 Å². The van der Waals surface area contributed by atoms with E-state index < -0.39 is 5.97 Å². The number of carbonyl (C=O) groups excluding carboxylic acids is 1. The molecule has 0 aliphatic carbocycles. The number of nitrogens with two attached hydrogens (primary N) is 1. The molecule has 0 spiro atoms. The highest BCUT2D eigenvalue weighted by Gasteiger charge is 2.17. The Kier molecular flexibility index (Phi) is 8.30. The molecule has 0 amide bonds. The Balaban J connectivity index is 2.12. The third-order valence-corrected chi connectivity index (χ3v) is 3.33. The minimum absolute atomic E-state index is 0.243. The minimum atomic E-state index is -0.501. The van der Waals surface area contributed by atoms with E-state index in [0.29, 0.717) is 64.4 Å². The first-order valence-electron chi connectivity index (χ1n) is 8.32. The first kappa shape index (κ1) is 19.3. The van der Waals surface area contributed by atoms with Crippen LogP contribution in [0.5, 0.6) is 11.5 Å². The molecular formula is C17H25NO7. The van der Waals surface area contributed by atoms with Crippen LogP contribution in [0.25, 0.3) is 0 Å². The summed E-state index contributed by atoms with van der Waals surface area (Å²) in [7, 11) is 0. The van der Waals surface area contributed by atoms with Crippen molar-refractivity contribution in [1.82, 2.24) is 0 Å². The molecule has 2 rings (SSSR count). The average molecular weight is 355 g/mol.